The first-order chi connectivity index (χ1) is 9.63. The molecule has 0 bridgehead atoms. The molecule has 1 fully saturated rings. The van der Waals surface area contributed by atoms with E-state index < -0.39 is 11.8 Å². The molecule has 4 heteroatoms. The fraction of sp³-hybridized carbons (Fsp3) is 0.438. The molecule has 1 N–H and O–H groups in total. The molecule has 0 unspecified atom stereocenters. The number of benzene rings is 1. The summed E-state index contributed by atoms with van der Waals surface area (Å²) >= 11 is 0. The minimum absolute atomic E-state index is 0.0977. The molecule has 1 saturated carbocycles. The topological polar surface area (TPSA) is 70.0 Å². The monoisotopic (exact) mass is 270 g/mol. The lowest BCUT2D eigenvalue weighted by Gasteiger charge is -2.09. The van der Waals surface area contributed by atoms with Crippen molar-refractivity contribution in [1.29, 1.82) is 5.26 Å². The van der Waals surface area contributed by atoms with Gasteiger partial charge in [-0.1, -0.05) is 37.3 Å². The van der Waals surface area contributed by atoms with E-state index in [0.717, 1.165) is 12.0 Å². The van der Waals surface area contributed by atoms with Gasteiger partial charge in [0.25, 0.3) is 0 Å². The number of nitriles is 1. The minimum atomic E-state index is -1.15. The molecule has 3 atom stereocenters. The fourth-order valence-corrected chi connectivity index (χ4v) is 2.26. The van der Waals surface area contributed by atoms with Crippen LogP contribution < -0.4 is 5.32 Å². The van der Waals surface area contributed by atoms with Gasteiger partial charge in [0.05, 0.1) is 6.07 Å². The lowest BCUT2D eigenvalue weighted by Crippen LogP contribution is -2.36. The second-order valence-electron chi connectivity index (χ2n) is 5.31. The smallest absolute Gasteiger partial charge is 0.245 e. The van der Waals surface area contributed by atoms with Gasteiger partial charge in [0.1, 0.15) is 0 Å². The molecule has 2 rings (SSSR count). The lowest BCUT2D eigenvalue weighted by molar-refractivity contribution is -0.132. The van der Waals surface area contributed by atoms with Gasteiger partial charge in [0.15, 0.2) is 11.7 Å². The summed E-state index contributed by atoms with van der Waals surface area (Å²) in [4.78, 5) is 23.8. The van der Waals surface area contributed by atoms with E-state index in [9.17, 15) is 9.59 Å². The molecule has 0 heterocycles. The number of nitrogens with zero attached hydrogens (tertiary/aromatic N) is 1. The first-order valence-corrected chi connectivity index (χ1v) is 6.88. The Bertz CT molecular complexity index is 533. The maximum absolute atomic E-state index is 11.9. The highest BCUT2D eigenvalue weighted by molar-refractivity contribution is 6.05. The third-order valence-corrected chi connectivity index (χ3v) is 3.71. The Morgan fingerprint density at radius 3 is 2.60 bits per heavy atom. The van der Waals surface area contributed by atoms with E-state index in [1.165, 1.54) is 0 Å². The van der Waals surface area contributed by atoms with Crippen LogP contribution in [0.4, 0.5) is 0 Å². The summed E-state index contributed by atoms with van der Waals surface area (Å²) in [5.74, 6) is -1.62. The number of Topliss-reactive ketones (excluding diaryl/α,β-unsaturated/α-hetero) is 1. The van der Waals surface area contributed by atoms with Crippen molar-refractivity contribution in [3.05, 3.63) is 35.9 Å². The van der Waals surface area contributed by atoms with Crippen LogP contribution in [0.2, 0.25) is 0 Å². The number of amides is 1. The molecule has 1 amide bonds. The van der Waals surface area contributed by atoms with Crippen molar-refractivity contribution in [2.24, 2.45) is 17.8 Å². The van der Waals surface area contributed by atoms with Gasteiger partial charge in [-0.25, -0.2) is 0 Å². The first kappa shape index (κ1) is 14.3. The number of nitrogens with one attached hydrogen (secondary N) is 1. The predicted octanol–water partition coefficient (Wildman–Crippen LogP) is 1.71. The quantitative estimate of drug-likeness (QED) is 0.800. The van der Waals surface area contributed by atoms with E-state index in [1.807, 2.05) is 43.3 Å². The van der Waals surface area contributed by atoms with E-state index in [4.69, 9.17) is 5.26 Å². The number of carbonyl (C=O) groups is 2. The van der Waals surface area contributed by atoms with Gasteiger partial charge in [-0.05, 0) is 24.3 Å². The predicted molar refractivity (Wildman–Crippen MR) is 74.5 cm³/mol. The summed E-state index contributed by atoms with van der Waals surface area (Å²) in [5, 5.41) is 11.7. The normalized spacial score (nSPS) is 21.6. The Balaban J connectivity index is 1.81. The van der Waals surface area contributed by atoms with Crippen molar-refractivity contribution in [2.75, 3.05) is 6.54 Å². The molecule has 0 radical (unpaired) electrons. The third-order valence-electron chi connectivity index (χ3n) is 3.71. The number of hydrogen-bond acceptors (Lipinski definition) is 3. The van der Waals surface area contributed by atoms with Crippen LogP contribution >= 0.6 is 0 Å². The highest BCUT2D eigenvalue weighted by Crippen LogP contribution is 2.40. The van der Waals surface area contributed by atoms with E-state index in [0.29, 0.717) is 18.9 Å². The summed E-state index contributed by atoms with van der Waals surface area (Å²) in [6.45, 7) is 2.40. The zero-order valence-corrected chi connectivity index (χ0v) is 11.5. The molecule has 4 nitrogen and oxygen atoms in total. The number of carbonyl (C=O) groups excluding carboxylic acids is 2. The van der Waals surface area contributed by atoms with E-state index in [1.54, 1.807) is 0 Å². The van der Waals surface area contributed by atoms with E-state index in [2.05, 4.69) is 5.32 Å². The summed E-state index contributed by atoms with van der Waals surface area (Å²) in [7, 11) is 0. The molecule has 0 aromatic heterocycles. The molecule has 104 valence electrons. The van der Waals surface area contributed by atoms with Crippen molar-refractivity contribution in [3.63, 3.8) is 0 Å². The lowest BCUT2D eigenvalue weighted by atomic mass is 10.00. The van der Waals surface area contributed by atoms with Gasteiger partial charge in [-0.2, -0.15) is 5.26 Å². The Hall–Kier alpha value is -2.15. The number of rotatable bonds is 6. The SMILES string of the molecule is C[C@@H]1C[C@@H]1C(=O)[C@H](C#N)C(=O)NCCc1ccccc1. The second kappa shape index (κ2) is 6.33. The highest BCUT2D eigenvalue weighted by Gasteiger charge is 2.44. The molecule has 1 aliphatic rings. The highest BCUT2D eigenvalue weighted by atomic mass is 16.2. The zero-order chi connectivity index (χ0) is 14.5. The largest absolute Gasteiger partial charge is 0.354 e. The summed E-state index contributed by atoms with van der Waals surface area (Å²) in [5.41, 5.74) is 1.11. The van der Waals surface area contributed by atoms with Crippen LogP contribution in [0.1, 0.15) is 18.9 Å². The fourth-order valence-electron chi connectivity index (χ4n) is 2.26. The molecule has 1 aromatic carbocycles. The molecule has 0 spiro atoms. The molecule has 20 heavy (non-hydrogen) atoms. The van der Waals surface area contributed by atoms with Crippen molar-refractivity contribution >= 4 is 11.7 Å². The van der Waals surface area contributed by atoms with E-state index >= 15 is 0 Å². The summed E-state index contributed by atoms with van der Waals surface area (Å²) in [6.07, 6.45) is 1.49. The van der Waals surface area contributed by atoms with Crippen molar-refractivity contribution in [1.82, 2.24) is 5.32 Å². The van der Waals surface area contributed by atoms with Crippen molar-refractivity contribution in [2.45, 2.75) is 19.8 Å². The van der Waals surface area contributed by atoms with Crippen LogP contribution in [0.3, 0.4) is 0 Å². The van der Waals surface area contributed by atoms with Gasteiger partial charge >= 0.3 is 0 Å². The Kier molecular flexibility index (Phi) is 4.52. The van der Waals surface area contributed by atoms with Crippen LogP contribution in [0.15, 0.2) is 30.3 Å². The van der Waals surface area contributed by atoms with Crippen molar-refractivity contribution in [3.8, 4) is 6.07 Å². The van der Waals surface area contributed by atoms with Crippen LogP contribution in [0.5, 0.6) is 0 Å². The standard InChI is InChI=1S/C16H18N2O2/c1-11-9-13(11)15(19)14(10-17)16(20)18-8-7-12-5-3-2-4-6-12/h2-6,11,13-14H,7-9H2,1H3,(H,18,20)/t11-,13+,14+/m1/s1. The number of ketones is 1. The van der Waals surface area contributed by atoms with Crippen LogP contribution in [-0.2, 0) is 16.0 Å². The Morgan fingerprint density at radius 1 is 1.40 bits per heavy atom. The second-order valence-corrected chi connectivity index (χ2v) is 5.31. The average molecular weight is 270 g/mol. The van der Waals surface area contributed by atoms with Gasteiger partial charge in [-0.3, -0.25) is 9.59 Å². The minimum Gasteiger partial charge on any atom is -0.354 e. The maximum atomic E-state index is 11.9. The average Bonchev–Trinajstić information content (AvgIpc) is 3.18. The van der Waals surface area contributed by atoms with Crippen LogP contribution in [-0.4, -0.2) is 18.2 Å². The molecule has 1 aliphatic carbocycles. The molecular formula is C16H18N2O2. The maximum Gasteiger partial charge on any atom is 0.245 e. The van der Waals surface area contributed by atoms with Crippen LogP contribution in [0, 0.1) is 29.1 Å². The zero-order valence-electron chi connectivity index (χ0n) is 11.5. The molecule has 0 aliphatic heterocycles. The summed E-state index contributed by atoms with van der Waals surface area (Å²) in [6, 6.07) is 11.6. The molecule has 1 aromatic rings. The third kappa shape index (κ3) is 3.45. The van der Waals surface area contributed by atoms with Crippen molar-refractivity contribution < 1.29 is 9.59 Å². The van der Waals surface area contributed by atoms with Crippen LogP contribution in [0.25, 0.3) is 0 Å². The summed E-state index contributed by atoms with van der Waals surface area (Å²) < 4.78 is 0. The van der Waals surface area contributed by atoms with Gasteiger partial charge in [-0.15, -0.1) is 0 Å². The first-order valence-electron chi connectivity index (χ1n) is 6.88. The number of hydrogen-bond donors (Lipinski definition) is 1. The molecular weight excluding hydrogens is 252 g/mol. The Morgan fingerprint density at radius 2 is 2.05 bits per heavy atom. The molecule has 0 saturated heterocycles. The van der Waals surface area contributed by atoms with Gasteiger partial charge < -0.3 is 5.32 Å². The van der Waals surface area contributed by atoms with Gasteiger partial charge in [0.2, 0.25) is 5.91 Å². The van der Waals surface area contributed by atoms with Gasteiger partial charge in [0, 0.05) is 12.5 Å². The Labute approximate surface area is 118 Å². The van der Waals surface area contributed by atoms with E-state index in [-0.39, 0.29) is 11.7 Å².